The van der Waals surface area contributed by atoms with Crippen LogP contribution in [0.4, 0.5) is 5.69 Å². The molecule has 1 heterocycles. The third-order valence-electron chi connectivity index (χ3n) is 3.70. The van der Waals surface area contributed by atoms with Crippen molar-refractivity contribution >= 4 is 28.8 Å². The number of ketones is 1. The summed E-state index contributed by atoms with van der Waals surface area (Å²) in [5.74, 6) is -0.453. The zero-order valence-electron chi connectivity index (χ0n) is 13.7. The van der Waals surface area contributed by atoms with Gasteiger partial charge in [0.2, 0.25) is 0 Å². The quantitative estimate of drug-likeness (QED) is 0.525. The average Bonchev–Trinajstić information content (AvgIpc) is 3.11. The summed E-state index contributed by atoms with van der Waals surface area (Å²) >= 11 is 1.34. The predicted molar refractivity (Wildman–Crippen MR) is 100 cm³/mol. The Labute approximate surface area is 150 Å². The normalized spacial score (nSPS) is 10.3. The monoisotopic (exact) mass is 351 g/mol. The number of anilines is 1. The largest absolute Gasteiger partial charge is 0.465 e. The Hall–Kier alpha value is -2.92. The zero-order chi connectivity index (χ0) is 17.6. The molecule has 0 saturated carbocycles. The summed E-state index contributed by atoms with van der Waals surface area (Å²) in [7, 11) is 1.35. The summed E-state index contributed by atoms with van der Waals surface area (Å²) in [6, 6.07) is 20.7. The molecule has 0 spiro atoms. The van der Waals surface area contributed by atoms with Gasteiger partial charge in [-0.1, -0.05) is 60.7 Å². The van der Waals surface area contributed by atoms with Gasteiger partial charge in [-0.05, 0) is 11.6 Å². The minimum absolute atomic E-state index is 0.0381. The van der Waals surface area contributed by atoms with E-state index in [2.05, 4.69) is 5.32 Å². The van der Waals surface area contributed by atoms with Crippen molar-refractivity contribution in [2.45, 2.75) is 0 Å². The first kappa shape index (κ1) is 16.9. The number of hydrogen-bond donors (Lipinski definition) is 1. The van der Waals surface area contributed by atoms with Crippen LogP contribution in [0, 0.1) is 0 Å². The molecule has 2 aromatic carbocycles. The second kappa shape index (κ2) is 7.77. The number of benzene rings is 2. The molecule has 25 heavy (non-hydrogen) atoms. The van der Waals surface area contributed by atoms with Crippen LogP contribution in [0.15, 0.2) is 66.7 Å². The number of hydrogen-bond acceptors (Lipinski definition) is 5. The van der Waals surface area contributed by atoms with Crippen molar-refractivity contribution in [3.05, 3.63) is 77.2 Å². The molecule has 0 aliphatic carbocycles. The second-order valence-corrected chi connectivity index (χ2v) is 6.41. The molecule has 4 nitrogen and oxygen atoms in total. The molecule has 0 atom stereocenters. The lowest BCUT2D eigenvalue weighted by Crippen LogP contribution is -2.15. The first-order valence-corrected chi connectivity index (χ1v) is 8.60. The Morgan fingerprint density at radius 2 is 1.64 bits per heavy atom. The number of nitrogens with one attached hydrogen (secondary N) is 1. The lowest BCUT2D eigenvalue weighted by Gasteiger charge is -2.06. The molecule has 126 valence electrons. The summed E-state index contributed by atoms with van der Waals surface area (Å²) in [4.78, 5) is 25.7. The van der Waals surface area contributed by atoms with Crippen molar-refractivity contribution in [1.29, 1.82) is 0 Å². The van der Waals surface area contributed by atoms with Crippen LogP contribution in [-0.4, -0.2) is 25.4 Å². The molecule has 3 aromatic rings. The maximum atomic E-state index is 12.3. The molecule has 0 bridgehead atoms. The lowest BCUT2D eigenvalue weighted by atomic mass is 10.1. The molecule has 0 saturated heterocycles. The van der Waals surface area contributed by atoms with Crippen molar-refractivity contribution < 1.29 is 14.3 Å². The highest BCUT2D eigenvalue weighted by molar-refractivity contribution is 7.18. The molecule has 0 unspecified atom stereocenters. The van der Waals surface area contributed by atoms with E-state index in [0.29, 0.717) is 16.1 Å². The summed E-state index contributed by atoms with van der Waals surface area (Å²) in [5.41, 5.74) is 2.26. The Morgan fingerprint density at radius 1 is 1.00 bits per heavy atom. The number of carbonyl (C=O) groups excluding carboxylic acids is 2. The first-order valence-electron chi connectivity index (χ1n) is 7.78. The molecule has 1 aromatic heterocycles. The van der Waals surface area contributed by atoms with E-state index in [0.717, 1.165) is 10.4 Å². The van der Waals surface area contributed by atoms with Crippen LogP contribution in [0.5, 0.6) is 0 Å². The number of carbonyl (C=O) groups is 2. The van der Waals surface area contributed by atoms with Crippen LogP contribution in [0.25, 0.3) is 10.4 Å². The zero-order valence-corrected chi connectivity index (χ0v) is 14.5. The van der Waals surface area contributed by atoms with E-state index in [1.807, 2.05) is 54.6 Å². The van der Waals surface area contributed by atoms with E-state index < -0.39 is 5.97 Å². The molecule has 5 heteroatoms. The highest BCUT2D eigenvalue weighted by atomic mass is 32.1. The summed E-state index contributed by atoms with van der Waals surface area (Å²) < 4.78 is 4.86. The molecule has 0 amide bonds. The van der Waals surface area contributed by atoms with Crippen molar-refractivity contribution in [1.82, 2.24) is 0 Å². The highest BCUT2D eigenvalue weighted by Crippen LogP contribution is 2.35. The Bertz CT molecular complexity index is 872. The molecular weight excluding hydrogens is 334 g/mol. The lowest BCUT2D eigenvalue weighted by molar-refractivity contribution is 0.0607. The highest BCUT2D eigenvalue weighted by Gasteiger charge is 2.18. The van der Waals surface area contributed by atoms with Crippen LogP contribution in [0.3, 0.4) is 0 Å². The maximum absolute atomic E-state index is 12.3. The minimum Gasteiger partial charge on any atom is -0.465 e. The SMILES string of the molecule is COC(=O)c1sc(-c2ccccc2)cc1NCC(=O)c1ccccc1. The molecule has 0 aliphatic rings. The molecule has 0 radical (unpaired) electrons. The third-order valence-corrected chi connectivity index (χ3v) is 4.86. The van der Waals surface area contributed by atoms with Gasteiger partial charge in [-0.25, -0.2) is 4.79 Å². The van der Waals surface area contributed by atoms with Crippen LogP contribution < -0.4 is 5.32 Å². The number of esters is 1. The van der Waals surface area contributed by atoms with Gasteiger partial charge in [0.25, 0.3) is 0 Å². The number of thiophene rings is 1. The summed E-state index contributed by atoms with van der Waals surface area (Å²) in [6.45, 7) is 0.110. The van der Waals surface area contributed by atoms with Crippen molar-refractivity contribution in [3.63, 3.8) is 0 Å². The van der Waals surface area contributed by atoms with Gasteiger partial charge in [0.05, 0.1) is 19.3 Å². The first-order chi connectivity index (χ1) is 12.2. The van der Waals surface area contributed by atoms with E-state index in [1.165, 1.54) is 18.4 Å². The maximum Gasteiger partial charge on any atom is 0.350 e. The molecule has 3 rings (SSSR count). The van der Waals surface area contributed by atoms with Crippen molar-refractivity contribution in [2.24, 2.45) is 0 Å². The second-order valence-electron chi connectivity index (χ2n) is 5.35. The average molecular weight is 351 g/mol. The van der Waals surface area contributed by atoms with Gasteiger partial charge in [0, 0.05) is 10.4 Å². The van der Waals surface area contributed by atoms with Gasteiger partial charge >= 0.3 is 5.97 Å². The molecule has 1 N–H and O–H groups in total. The fraction of sp³-hybridized carbons (Fsp3) is 0.100. The van der Waals surface area contributed by atoms with Gasteiger partial charge in [-0.3, -0.25) is 4.79 Å². The smallest absolute Gasteiger partial charge is 0.350 e. The number of rotatable bonds is 6. The summed E-state index contributed by atoms with van der Waals surface area (Å²) in [5, 5.41) is 3.08. The molecular formula is C20H17NO3S. The standard InChI is InChI=1S/C20H17NO3S/c1-24-20(23)19-16(12-18(25-19)15-10-6-3-7-11-15)21-13-17(22)14-8-4-2-5-9-14/h2-12,21H,13H2,1H3. The van der Waals surface area contributed by atoms with Crippen LogP contribution in [0.1, 0.15) is 20.0 Å². The van der Waals surface area contributed by atoms with Gasteiger partial charge in [-0.2, -0.15) is 0 Å². The van der Waals surface area contributed by atoms with Crippen LogP contribution in [-0.2, 0) is 4.74 Å². The molecule has 0 aliphatic heterocycles. The van der Waals surface area contributed by atoms with Crippen molar-refractivity contribution in [2.75, 3.05) is 19.0 Å². The van der Waals surface area contributed by atoms with Gasteiger partial charge < -0.3 is 10.1 Å². The Kier molecular flexibility index (Phi) is 5.26. The predicted octanol–water partition coefficient (Wildman–Crippen LogP) is 4.50. The summed E-state index contributed by atoms with van der Waals surface area (Å²) in [6.07, 6.45) is 0. The Balaban J connectivity index is 1.83. The van der Waals surface area contributed by atoms with Gasteiger partial charge in [0.1, 0.15) is 4.88 Å². The van der Waals surface area contributed by atoms with Gasteiger partial charge in [0.15, 0.2) is 5.78 Å². The third kappa shape index (κ3) is 3.95. The molecule has 0 fully saturated rings. The fourth-order valence-electron chi connectivity index (χ4n) is 2.41. The van der Waals surface area contributed by atoms with E-state index in [9.17, 15) is 9.59 Å². The minimum atomic E-state index is -0.415. The topological polar surface area (TPSA) is 55.4 Å². The van der Waals surface area contributed by atoms with Crippen LogP contribution in [0.2, 0.25) is 0 Å². The van der Waals surface area contributed by atoms with Crippen molar-refractivity contribution in [3.8, 4) is 10.4 Å². The van der Waals surface area contributed by atoms with E-state index in [1.54, 1.807) is 12.1 Å². The van der Waals surface area contributed by atoms with E-state index in [-0.39, 0.29) is 12.3 Å². The fourth-order valence-corrected chi connectivity index (χ4v) is 3.47. The van der Waals surface area contributed by atoms with E-state index in [4.69, 9.17) is 4.74 Å². The van der Waals surface area contributed by atoms with E-state index >= 15 is 0 Å². The number of ether oxygens (including phenoxy) is 1. The Morgan fingerprint density at radius 3 is 2.28 bits per heavy atom. The number of Topliss-reactive ketones (excluding diaryl/α,β-unsaturated/α-hetero) is 1. The number of methoxy groups -OCH3 is 1. The van der Waals surface area contributed by atoms with Gasteiger partial charge in [-0.15, -0.1) is 11.3 Å². The van der Waals surface area contributed by atoms with Crippen LogP contribution >= 0.6 is 11.3 Å².